The molecule has 10 nitrogen and oxygen atoms in total. The molecule has 0 aliphatic carbocycles. The van der Waals surface area contributed by atoms with Gasteiger partial charge in [0, 0.05) is 6.42 Å². The lowest BCUT2D eigenvalue weighted by atomic mass is 10.2. The fraction of sp³-hybridized carbons (Fsp3) is 0.464. The van der Waals surface area contributed by atoms with Crippen molar-refractivity contribution in [2.24, 2.45) is 10.7 Å². The Balaban J connectivity index is 2.25. The van der Waals surface area contributed by atoms with Crippen LogP contribution in [0.5, 0.6) is 5.75 Å². The van der Waals surface area contributed by atoms with E-state index in [0.29, 0.717) is 17.4 Å². The number of nitrogens with zero attached hydrogens (tertiary/aromatic N) is 2. The quantitative estimate of drug-likeness (QED) is 0.144. The molecule has 0 aliphatic heterocycles. The molecule has 10 heteroatoms. The predicted molar refractivity (Wildman–Crippen MR) is 143 cm³/mol. The van der Waals surface area contributed by atoms with Crippen molar-refractivity contribution in [3.05, 3.63) is 65.7 Å². The molecule has 1 atom stereocenters. The van der Waals surface area contributed by atoms with Crippen LogP contribution in [0.25, 0.3) is 0 Å². The van der Waals surface area contributed by atoms with Crippen molar-refractivity contribution in [2.45, 2.75) is 79.0 Å². The summed E-state index contributed by atoms with van der Waals surface area (Å²) in [6.07, 6.45) is -2.81. The van der Waals surface area contributed by atoms with Crippen LogP contribution in [-0.4, -0.2) is 47.3 Å². The number of hydrogen-bond acceptors (Lipinski definition) is 7. The molecule has 0 radical (unpaired) electrons. The van der Waals surface area contributed by atoms with Crippen LogP contribution in [-0.2, 0) is 25.7 Å². The Labute approximate surface area is 224 Å². The lowest BCUT2D eigenvalue weighted by molar-refractivity contribution is -0.209. The second kappa shape index (κ2) is 13.8. The van der Waals surface area contributed by atoms with E-state index in [1.54, 1.807) is 47.6 Å². The summed E-state index contributed by atoms with van der Waals surface area (Å²) in [5.41, 5.74) is 6.30. The second-order valence-electron chi connectivity index (χ2n) is 10.5. The van der Waals surface area contributed by atoms with Crippen LogP contribution in [0.15, 0.2) is 59.6 Å². The number of amides is 2. The highest BCUT2D eigenvalue weighted by molar-refractivity contribution is 5.97. The van der Waals surface area contributed by atoms with Crippen molar-refractivity contribution in [3.63, 3.8) is 0 Å². The van der Waals surface area contributed by atoms with Gasteiger partial charge >= 0.3 is 12.2 Å². The average Bonchev–Trinajstić information content (AvgIpc) is 2.78. The van der Waals surface area contributed by atoms with E-state index in [1.165, 1.54) is 0 Å². The Hall–Kier alpha value is -3.63. The summed E-state index contributed by atoms with van der Waals surface area (Å²) in [6.45, 7) is 12.6. The maximum atomic E-state index is 13.0. The number of benzene rings is 2. The zero-order chi connectivity index (χ0) is 28.3. The lowest BCUT2D eigenvalue weighted by Crippen LogP contribution is -2.48. The van der Waals surface area contributed by atoms with Gasteiger partial charge in [-0.1, -0.05) is 42.5 Å². The van der Waals surface area contributed by atoms with E-state index in [1.807, 2.05) is 55.5 Å². The fourth-order valence-electron chi connectivity index (χ4n) is 2.95. The number of carbonyl (C=O) groups excluding carboxylic acids is 2. The van der Waals surface area contributed by atoms with Crippen LogP contribution in [0.2, 0.25) is 0 Å². The smallest absolute Gasteiger partial charge is 0.442 e. The van der Waals surface area contributed by atoms with Crippen LogP contribution >= 0.6 is 0 Å². The third kappa shape index (κ3) is 12.1. The van der Waals surface area contributed by atoms with Crippen LogP contribution in [0.4, 0.5) is 9.59 Å². The van der Waals surface area contributed by atoms with Gasteiger partial charge in [0.05, 0.1) is 13.2 Å². The van der Waals surface area contributed by atoms with Gasteiger partial charge in [-0.25, -0.2) is 14.4 Å². The molecule has 0 fully saturated rings. The summed E-state index contributed by atoms with van der Waals surface area (Å²) in [6, 6.07) is 17.0. The third-order valence-corrected chi connectivity index (χ3v) is 4.46. The van der Waals surface area contributed by atoms with Gasteiger partial charge in [-0.05, 0) is 71.7 Å². The number of ether oxygens (including phenoxy) is 4. The topological polar surface area (TPSA) is 122 Å². The van der Waals surface area contributed by atoms with E-state index in [-0.39, 0.29) is 13.0 Å². The number of aryl methyl sites for hydroxylation is 1. The molecule has 0 saturated heterocycles. The molecule has 0 aromatic heterocycles. The zero-order valence-electron chi connectivity index (χ0n) is 23.2. The van der Waals surface area contributed by atoms with Crippen molar-refractivity contribution >= 4 is 18.1 Å². The Kier molecular flexibility index (Phi) is 11.1. The number of carbonyl (C=O) groups is 2. The molecule has 0 saturated carbocycles. The molecule has 0 spiro atoms. The van der Waals surface area contributed by atoms with Crippen LogP contribution in [0.3, 0.4) is 0 Å². The van der Waals surface area contributed by atoms with Crippen molar-refractivity contribution in [1.29, 1.82) is 0 Å². The lowest BCUT2D eigenvalue weighted by Gasteiger charge is -2.29. The largest absolute Gasteiger partial charge is 0.463 e. The predicted octanol–water partition coefficient (Wildman–Crippen LogP) is 5.73. The molecule has 2 amide bonds. The van der Waals surface area contributed by atoms with Crippen LogP contribution in [0.1, 0.15) is 59.1 Å². The standard InChI is InChI=1S/C28H39N3O7/c1-20-12-11-15-22(18-20)35-23(16-17-34-19-21-13-9-8-10-14-21)38-31(26(33)37-28(5,6)7)24(29)30-25(32)36-27(2,3)4/h8-15,18,23H,16-17,19H2,1-7H3,(H2,29,30,32). The van der Waals surface area contributed by atoms with Crippen molar-refractivity contribution in [3.8, 4) is 5.75 Å². The van der Waals surface area contributed by atoms with Crippen molar-refractivity contribution < 1.29 is 33.4 Å². The number of hydroxylamine groups is 2. The minimum absolute atomic E-state index is 0.208. The van der Waals surface area contributed by atoms with E-state index in [9.17, 15) is 9.59 Å². The normalized spacial score (nSPS) is 13.0. The highest BCUT2D eigenvalue weighted by Crippen LogP contribution is 2.19. The molecule has 2 rings (SSSR count). The maximum absolute atomic E-state index is 13.0. The second-order valence-corrected chi connectivity index (χ2v) is 10.5. The molecule has 2 aromatic rings. The number of nitrogens with two attached hydrogens (primary N) is 1. The Morgan fingerprint density at radius 3 is 2.21 bits per heavy atom. The average molecular weight is 530 g/mol. The minimum atomic E-state index is -1.05. The van der Waals surface area contributed by atoms with E-state index >= 15 is 0 Å². The molecule has 0 heterocycles. The first-order valence-corrected chi connectivity index (χ1v) is 12.3. The molecule has 0 aliphatic rings. The van der Waals surface area contributed by atoms with Gasteiger partial charge in [-0.15, -0.1) is 10.1 Å². The molecule has 1 unspecified atom stereocenters. The van der Waals surface area contributed by atoms with Crippen molar-refractivity contribution in [2.75, 3.05) is 6.61 Å². The molecule has 2 aromatic carbocycles. The van der Waals surface area contributed by atoms with E-state index in [2.05, 4.69) is 4.99 Å². The Morgan fingerprint density at radius 2 is 1.61 bits per heavy atom. The van der Waals surface area contributed by atoms with Gasteiger partial charge in [0.15, 0.2) is 0 Å². The molecule has 0 bridgehead atoms. The Morgan fingerprint density at radius 1 is 0.947 bits per heavy atom. The van der Waals surface area contributed by atoms with Crippen LogP contribution < -0.4 is 10.5 Å². The van der Waals surface area contributed by atoms with Crippen LogP contribution in [0, 0.1) is 6.92 Å². The number of guanidine groups is 1. The van der Waals surface area contributed by atoms with Gasteiger partial charge in [0.25, 0.3) is 0 Å². The summed E-state index contributed by atoms with van der Waals surface area (Å²) in [7, 11) is 0. The van der Waals surface area contributed by atoms with Crippen molar-refractivity contribution in [1.82, 2.24) is 5.06 Å². The number of rotatable bonds is 9. The highest BCUT2D eigenvalue weighted by Gasteiger charge is 2.31. The monoisotopic (exact) mass is 529 g/mol. The molecule has 208 valence electrons. The van der Waals surface area contributed by atoms with Gasteiger partial charge < -0.3 is 24.7 Å². The number of aliphatic imine (C=N–C) groups is 1. The first-order chi connectivity index (χ1) is 17.7. The third-order valence-electron chi connectivity index (χ3n) is 4.46. The summed E-state index contributed by atoms with van der Waals surface area (Å²) in [4.78, 5) is 34.8. The molecule has 38 heavy (non-hydrogen) atoms. The summed E-state index contributed by atoms with van der Waals surface area (Å²) in [5.74, 6) is -0.0682. The first kappa shape index (κ1) is 30.6. The van der Waals surface area contributed by atoms with Gasteiger partial charge in [0.2, 0.25) is 12.2 Å². The highest BCUT2D eigenvalue weighted by atomic mass is 16.8. The SMILES string of the molecule is Cc1cccc(OC(CCOCc2ccccc2)ON(C(=O)OC(C)(C)C)C(N)=NC(=O)OC(C)(C)C)c1. The summed E-state index contributed by atoms with van der Waals surface area (Å²) < 4.78 is 22.4. The zero-order valence-corrected chi connectivity index (χ0v) is 23.2. The minimum Gasteiger partial charge on any atom is -0.463 e. The number of hydrogen-bond donors (Lipinski definition) is 1. The van der Waals surface area contributed by atoms with E-state index in [0.717, 1.165) is 11.1 Å². The van der Waals surface area contributed by atoms with Gasteiger partial charge in [-0.2, -0.15) is 0 Å². The fourth-order valence-corrected chi connectivity index (χ4v) is 2.95. The van der Waals surface area contributed by atoms with E-state index in [4.69, 9.17) is 29.5 Å². The summed E-state index contributed by atoms with van der Waals surface area (Å²) in [5, 5.41) is 0.590. The first-order valence-electron chi connectivity index (χ1n) is 12.3. The molecule has 2 N–H and O–H groups in total. The van der Waals surface area contributed by atoms with Gasteiger partial charge in [-0.3, -0.25) is 0 Å². The summed E-state index contributed by atoms with van der Waals surface area (Å²) >= 11 is 0. The maximum Gasteiger partial charge on any atom is 0.442 e. The van der Waals surface area contributed by atoms with Gasteiger partial charge in [0.1, 0.15) is 17.0 Å². The molecular formula is C28H39N3O7. The van der Waals surface area contributed by atoms with E-state index < -0.39 is 35.6 Å². The molecular weight excluding hydrogens is 490 g/mol. The Bertz CT molecular complexity index is 1080.